The molecule has 5 nitrogen and oxygen atoms in total. The Morgan fingerprint density at radius 3 is 2.30 bits per heavy atom. The van der Waals surface area contributed by atoms with Gasteiger partial charge < -0.3 is 14.8 Å². The smallest absolute Gasteiger partial charge is 0.337 e. The Kier molecular flexibility index (Phi) is 6.53. The van der Waals surface area contributed by atoms with E-state index in [2.05, 4.69) is 22.2 Å². The number of carbonyl (C=O) groups excluding carboxylic acids is 2. The molecule has 1 aliphatic rings. The number of methoxy groups -OCH3 is 1. The molecule has 142 valence electrons. The van der Waals surface area contributed by atoms with Gasteiger partial charge in [-0.2, -0.15) is 0 Å². The van der Waals surface area contributed by atoms with Crippen molar-refractivity contribution in [2.75, 3.05) is 26.9 Å². The lowest BCUT2D eigenvalue weighted by Gasteiger charge is -2.36. The molecule has 0 saturated carbocycles. The number of ether oxygens (including phenoxy) is 2. The van der Waals surface area contributed by atoms with Gasteiger partial charge in [-0.1, -0.05) is 18.2 Å². The molecule has 3 rings (SSSR count). The largest absolute Gasteiger partial charge is 0.465 e. The molecule has 6 heteroatoms. The standard InChI is InChI=1S/C21H23NO4S/c1-25-20(24)17-9-7-16(8-10-17)19(23)22-15-21(11-13-26-14-12-21)27-18-5-3-2-4-6-18/h2-10H,11-15H2,1H3,(H,22,23). The summed E-state index contributed by atoms with van der Waals surface area (Å²) in [6.45, 7) is 1.96. The van der Waals surface area contributed by atoms with E-state index in [9.17, 15) is 9.59 Å². The lowest BCUT2D eigenvalue weighted by Crippen LogP contribution is -2.44. The predicted molar refractivity (Wildman–Crippen MR) is 105 cm³/mol. The molecule has 1 N–H and O–H groups in total. The van der Waals surface area contributed by atoms with Crippen molar-refractivity contribution in [2.24, 2.45) is 0 Å². The van der Waals surface area contributed by atoms with E-state index < -0.39 is 5.97 Å². The van der Waals surface area contributed by atoms with Crippen molar-refractivity contribution in [1.29, 1.82) is 0 Å². The number of rotatable bonds is 6. The van der Waals surface area contributed by atoms with Crippen LogP contribution in [0.2, 0.25) is 0 Å². The van der Waals surface area contributed by atoms with Crippen LogP contribution in [0.1, 0.15) is 33.6 Å². The second-order valence-corrected chi connectivity index (χ2v) is 8.00. The number of thioether (sulfide) groups is 1. The molecular weight excluding hydrogens is 362 g/mol. The zero-order chi connectivity index (χ0) is 19.1. The molecule has 1 amide bonds. The Morgan fingerprint density at radius 1 is 1.04 bits per heavy atom. The van der Waals surface area contributed by atoms with Crippen molar-refractivity contribution in [3.8, 4) is 0 Å². The van der Waals surface area contributed by atoms with Gasteiger partial charge in [-0.15, -0.1) is 11.8 Å². The van der Waals surface area contributed by atoms with E-state index in [1.54, 1.807) is 36.0 Å². The number of hydrogen-bond acceptors (Lipinski definition) is 5. The molecule has 27 heavy (non-hydrogen) atoms. The Morgan fingerprint density at radius 2 is 1.67 bits per heavy atom. The molecule has 2 aromatic carbocycles. The average molecular weight is 385 g/mol. The summed E-state index contributed by atoms with van der Waals surface area (Å²) in [4.78, 5) is 25.3. The first-order valence-electron chi connectivity index (χ1n) is 8.90. The van der Waals surface area contributed by atoms with Gasteiger partial charge in [-0.25, -0.2) is 4.79 Å². The minimum absolute atomic E-state index is 0.0821. The molecule has 0 aromatic heterocycles. The van der Waals surface area contributed by atoms with Crippen molar-refractivity contribution in [3.05, 3.63) is 65.7 Å². The molecule has 0 unspecified atom stereocenters. The van der Waals surface area contributed by atoms with Gasteiger partial charge in [0.2, 0.25) is 0 Å². The predicted octanol–water partition coefficient (Wildman–Crippen LogP) is 3.54. The maximum Gasteiger partial charge on any atom is 0.337 e. The molecule has 1 aliphatic heterocycles. The fraction of sp³-hybridized carbons (Fsp3) is 0.333. The Hall–Kier alpha value is -2.31. The average Bonchev–Trinajstić information content (AvgIpc) is 2.73. The molecular formula is C21H23NO4S. The van der Waals surface area contributed by atoms with Gasteiger partial charge in [0.1, 0.15) is 0 Å². The summed E-state index contributed by atoms with van der Waals surface area (Å²) in [6.07, 6.45) is 1.77. The SMILES string of the molecule is COC(=O)c1ccc(C(=O)NCC2(Sc3ccccc3)CCOCC2)cc1. The Bertz CT molecular complexity index is 771. The highest BCUT2D eigenvalue weighted by Gasteiger charge is 2.34. The van der Waals surface area contributed by atoms with E-state index in [0.717, 1.165) is 12.8 Å². The fourth-order valence-electron chi connectivity index (χ4n) is 3.02. The van der Waals surface area contributed by atoms with Gasteiger partial charge in [-0.05, 0) is 49.2 Å². The minimum Gasteiger partial charge on any atom is -0.465 e. The van der Waals surface area contributed by atoms with Crippen LogP contribution in [0.15, 0.2) is 59.5 Å². The highest BCUT2D eigenvalue weighted by atomic mass is 32.2. The topological polar surface area (TPSA) is 64.6 Å². The van der Waals surface area contributed by atoms with Crippen molar-refractivity contribution >= 4 is 23.6 Å². The van der Waals surface area contributed by atoms with Crippen LogP contribution in [-0.4, -0.2) is 43.5 Å². The van der Waals surface area contributed by atoms with Crippen LogP contribution < -0.4 is 5.32 Å². The van der Waals surface area contributed by atoms with E-state index in [0.29, 0.717) is 30.9 Å². The fourth-order valence-corrected chi connectivity index (χ4v) is 4.32. The third-order valence-electron chi connectivity index (χ3n) is 4.62. The Balaban J connectivity index is 1.66. The summed E-state index contributed by atoms with van der Waals surface area (Å²) in [7, 11) is 1.33. The molecule has 1 fully saturated rings. The first kappa shape index (κ1) is 19.5. The second-order valence-electron chi connectivity index (χ2n) is 6.46. The van der Waals surface area contributed by atoms with Crippen LogP contribution in [0.25, 0.3) is 0 Å². The van der Waals surface area contributed by atoms with Crippen molar-refractivity contribution in [3.63, 3.8) is 0 Å². The highest BCUT2D eigenvalue weighted by Crippen LogP contribution is 2.40. The van der Waals surface area contributed by atoms with Gasteiger partial charge >= 0.3 is 5.97 Å². The van der Waals surface area contributed by atoms with Crippen LogP contribution in [0.5, 0.6) is 0 Å². The molecule has 0 spiro atoms. The van der Waals surface area contributed by atoms with Crippen molar-refractivity contribution in [1.82, 2.24) is 5.32 Å². The van der Waals surface area contributed by atoms with E-state index in [1.165, 1.54) is 12.0 Å². The quantitative estimate of drug-likeness (QED) is 0.771. The zero-order valence-corrected chi connectivity index (χ0v) is 16.1. The van der Waals surface area contributed by atoms with Gasteiger partial charge in [0.05, 0.1) is 12.7 Å². The first-order chi connectivity index (χ1) is 13.1. The van der Waals surface area contributed by atoms with Crippen LogP contribution >= 0.6 is 11.8 Å². The number of esters is 1. The summed E-state index contributed by atoms with van der Waals surface area (Å²) < 4.78 is 10.1. The van der Waals surface area contributed by atoms with Gasteiger partial charge in [0, 0.05) is 35.0 Å². The molecule has 0 aliphatic carbocycles. The minimum atomic E-state index is -0.414. The summed E-state index contributed by atoms with van der Waals surface area (Å²) in [5, 5.41) is 3.06. The number of hydrogen-bond donors (Lipinski definition) is 1. The molecule has 0 bridgehead atoms. The number of nitrogens with one attached hydrogen (secondary N) is 1. The van der Waals surface area contributed by atoms with E-state index in [1.807, 2.05) is 18.2 Å². The summed E-state index contributed by atoms with van der Waals surface area (Å²) in [6, 6.07) is 16.7. The summed E-state index contributed by atoms with van der Waals surface area (Å²) in [5.74, 6) is -0.562. The highest BCUT2D eigenvalue weighted by molar-refractivity contribution is 8.00. The third-order valence-corrected chi connectivity index (χ3v) is 6.11. The van der Waals surface area contributed by atoms with Gasteiger partial charge in [-0.3, -0.25) is 4.79 Å². The van der Waals surface area contributed by atoms with Crippen LogP contribution in [0.4, 0.5) is 0 Å². The number of benzene rings is 2. The van der Waals surface area contributed by atoms with Crippen molar-refractivity contribution < 1.29 is 19.1 Å². The lowest BCUT2D eigenvalue weighted by atomic mass is 9.98. The first-order valence-corrected chi connectivity index (χ1v) is 9.72. The molecule has 2 aromatic rings. The second kappa shape index (κ2) is 9.06. The van der Waals surface area contributed by atoms with E-state index >= 15 is 0 Å². The third kappa shape index (κ3) is 5.11. The molecule has 1 heterocycles. The number of carbonyl (C=O) groups is 2. The maximum atomic E-state index is 12.6. The Labute approximate surface area is 163 Å². The molecule has 1 saturated heterocycles. The van der Waals surface area contributed by atoms with Gasteiger partial charge in [0.15, 0.2) is 0 Å². The monoisotopic (exact) mass is 385 g/mol. The van der Waals surface area contributed by atoms with Gasteiger partial charge in [0.25, 0.3) is 5.91 Å². The number of amides is 1. The summed E-state index contributed by atoms with van der Waals surface area (Å²) in [5.41, 5.74) is 0.948. The van der Waals surface area contributed by atoms with Crippen LogP contribution in [0.3, 0.4) is 0 Å². The molecule has 0 atom stereocenters. The van der Waals surface area contributed by atoms with E-state index in [4.69, 9.17) is 4.74 Å². The maximum absolute atomic E-state index is 12.6. The van der Waals surface area contributed by atoms with E-state index in [-0.39, 0.29) is 10.7 Å². The lowest BCUT2D eigenvalue weighted by molar-refractivity contribution is 0.0600. The summed E-state index contributed by atoms with van der Waals surface area (Å²) >= 11 is 1.80. The van der Waals surface area contributed by atoms with Crippen LogP contribution in [0, 0.1) is 0 Å². The van der Waals surface area contributed by atoms with Crippen molar-refractivity contribution in [2.45, 2.75) is 22.5 Å². The molecule has 0 radical (unpaired) electrons. The van der Waals surface area contributed by atoms with Crippen LogP contribution in [-0.2, 0) is 9.47 Å². The zero-order valence-electron chi connectivity index (χ0n) is 15.3. The normalized spacial score (nSPS) is 15.7.